The Morgan fingerprint density at radius 2 is 1.67 bits per heavy atom. The fraction of sp³-hybridized carbons (Fsp3) is 0.0909. The third-order valence-electron chi connectivity index (χ3n) is 6.68. The van der Waals surface area contributed by atoms with Crippen LogP contribution in [0.1, 0.15) is 11.4 Å². The number of ether oxygens (including phenoxy) is 1. The topological polar surface area (TPSA) is 90.3 Å². The number of rotatable bonds is 9. The molecule has 7 nitrogen and oxygen atoms in total. The number of aromatic nitrogens is 2. The van der Waals surface area contributed by atoms with Crippen LogP contribution in [0.4, 0.5) is 5.69 Å². The number of halogens is 2. The van der Waals surface area contributed by atoms with Crippen molar-refractivity contribution < 1.29 is 17.9 Å². The molecule has 0 saturated heterocycles. The van der Waals surface area contributed by atoms with Crippen LogP contribution in [0.15, 0.2) is 102 Å². The number of benzene rings is 4. The minimum Gasteiger partial charge on any atom is -0.468 e. The van der Waals surface area contributed by atoms with Gasteiger partial charge < -0.3 is 10.1 Å². The van der Waals surface area contributed by atoms with Gasteiger partial charge in [0.1, 0.15) is 12.4 Å². The van der Waals surface area contributed by atoms with Crippen LogP contribution in [0, 0.1) is 0 Å². The average molecular weight is 633 g/mol. The van der Waals surface area contributed by atoms with E-state index >= 15 is 0 Å². The second-order valence-corrected chi connectivity index (χ2v) is 12.6. The van der Waals surface area contributed by atoms with E-state index in [1.165, 1.54) is 13.4 Å². The number of carbonyl (C=O) groups is 1. The Morgan fingerprint density at radius 1 is 0.930 bits per heavy atom. The number of carbonyl (C=O) groups excluding carboxylic acids is 1. The number of imidazole rings is 1. The van der Waals surface area contributed by atoms with Crippen molar-refractivity contribution in [2.24, 2.45) is 0 Å². The molecule has 5 aromatic rings. The molecule has 0 atom stereocenters. The molecular formula is C33H27Cl2N3O4S. The van der Waals surface area contributed by atoms with Gasteiger partial charge in [-0.15, -0.1) is 0 Å². The maximum absolute atomic E-state index is 12.0. The number of sulfone groups is 1. The lowest BCUT2D eigenvalue weighted by Gasteiger charge is -2.08. The molecular weight excluding hydrogens is 605 g/mol. The van der Waals surface area contributed by atoms with Crippen molar-refractivity contribution in [2.45, 2.75) is 4.90 Å². The van der Waals surface area contributed by atoms with Crippen LogP contribution in [-0.4, -0.2) is 43.8 Å². The van der Waals surface area contributed by atoms with E-state index in [0.717, 1.165) is 33.6 Å². The Hall–Kier alpha value is -4.37. The third-order valence-corrected chi connectivity index (χ3v) is 8.34. The molecule has 0 saturated carbocycles. The highest BCUT2D eigenvalue weighted by molar-refractivity contribution is 7.90. The van der Waals surface area contributed by atoms with Gasteiger partial charge in [-0.1, -0.05) is 65.7 Å². The van der Waals surface area contributed by atoms with Crippen molar-refractivity contribution >= 4 is 56.8 Å². The molecule has 1 heterocycles. The first-order valence-electron chi connectivity index (χ1n) is 13.2. The fourth-order valence-electron chi connectivity index (χ4n) is 4.40. The van der Waals surface area contributed by atoms with Gasteiger partial charge in [-0.3, -0.25) is 9.36 Å². The van der Waals surface area contributed by atoms with Gasteiger partial charge in [-0.05, 0) is 77.4 Å². The van der Waals surface area contributed by atoms with Crippen LogP contribution in [0.2, 0.25) is 10.0 Å². The second-order valence-electron chi connectivity index (χ2n) is 9.71. The summed E-state index contributed by atoms with van der Waals surface area (Å²) in [6.45, 7) is 0.0655. The average Bonchev–Trinajstić information content (AvgIpc) is 3.42. The molecule has 0 radical (unpaired) electrons. The number of methoxy groups -OCH3 is 1. The smallest absolute Gasteiger partial charge is 0.325 e. The highest BCUT2D eigenvalue weighted by atomic mass is 35.5. The Morgan fingerprint density at radius 3 is 2.35 bits per heavy atom. The highest BCUT2D eigenvalue weighted by Crippen LogP contribution is 2.31. The molecule has 0 amide bonds. The van der Waals surface area contributed by atoms with E-state index in [4.69, 9.17) is 28.2 Å². The number of nitrogens with zero attached hydrogens (tertiary/aromatic N) is 2. The van der Waals surface area contributed by atoms with Gasteiger partial charge >= 0.3 is 5.97 Å². The lowest BCUT2D eigenvalue weighted by molar-refractivity contribution is -0.138. The summed E-state index contributed by atoms with van der Waals surface area (Å²) in [5.41, 5.74) is 5.72. The van der Waals surface area contributed by atoms with Crippen molar-refractivity contribution in [2.75, 3.05) is 25.2 Å². The molecule has 0 bridgehead atoms. The highest BCUT2D eigenvalue weighted by Gasteiger charge is 2.13. The monoisotopic (exact) mass is 631 g/mol. The molecule has 5 rings (SSSR count). The summed E-state index contributed by atoms with van der Waals surface area (Å²) < 4.78 is 30.6. The van der Waals surface area contributed by atoms with Crippen LogP contribution in [0.3, 0.4) is 0 Å². The van der Waals surface area contributed by atoms with Gasteiger partial charge in [0.2, 0.25) is 0 Å². The Labute approximate surface area is 260 Å². The van der Waals surface area contributed by atoms with Gasteiger partial charge in [-0.2, -0.15) is 0 Å². The zero-order valence-corrected chi connectivity index (χ0v) is 25.6. The molecule has 0 aliphatic heterocycles. The molecule has 0 aliphatic carbocycles. The number of hydrogen-bond donors (Lipinski definition) is 1. The second kappa shape index (κ2) is 12.9. The van der Waals surface area contributed by atoms with Crippen LogP contribution in [0.25, 0.3) is 40.2 Å². The van der Waals surface area contributed by atoms with Crippen molar-refractivity contribution in [3.05, 3.63) is 119 Å². The minimum absolute atomic E-state index is 0.0655. The lowest BCUT2D eigenvalue weighted by atomic mass is 10.0. The van der Waals surface area contributed by atoms with Crippen molar-refractivity contribution in [1.29, 1.82) is 0 Å². The van der Waals surface area contributed by atoms with Gasteiger partial charge in [0, 0.05) is 34.4 Å². The summed E-state index contributed by atoms with van der Waals surface area (Å²) >= 11 is 12.6. The fourth-order valence-corrected chi connectivity index (χ4v) is 5.57. The van der Waals surface area contributed by atoms with Crippen molar-refractivity contribution in [3.63, 3.8) is 0 Å². The molecule has 1 N–H and O–H groups in total. The summed E-state index contributed by atoms with van der Waals surface area (Å²) in [6.07, 6.45) is 6.97. The van der Waals surface area contributed by atoms with E-state index in [1.54, 1.807) is 30.3 Å². The largest absolute Gasteiger partial charge is 0.468 e. The minimum atomic E-state index is -3.30. The standard InChI is InChI=1S/C33H27Cl2N3O4S/c1-42-33(39)20-36-26-12-14-27(15-13-26)38-21-31(29-16-11-25(34)19-30(29)35)37-32(38)17-8-22-6-9-23(10-7-22)24-4-3-5-28(18-24)43(2,40)41/h3-19,21,36H,20H2,1-2H3. The van der Waals surface area contributed by atoms with Gasteiger partial charge in [0.05, 0.1) is 22.7 Å². The van der Waals surface area contributed by atoms with Crippen LogP contribution < -0.4 is 5.32 Å². The summed E-state index contributed by atoms with van der Waals surface area (Å²) in [4.78, 5) is 16.6. The number of hydrogen-bond acceptors (Lipinski definition) is 6. The Balaban J connectivity index is 1.45. The van der Waals surface area contributed by atoms with E-state index in [2.05, 4.69) is 10.1 Å². The third kappa shape index (κ3) is 7.35. The molecule has 1 aromatic heterocycles. The molecule has 4 aromatic carbocycles. The van der Waals surface area contributed by atoms with E-state index < -0.39 is 9.84 Å². The molecule has 218 valence electrons. The van der Waals surface area contributed by atoms with Crippen molar-refractivity contribution in [1.82, 2.24) is 9.55 Å². The van der Waals surface area contributed by atoms with Crippen molar-refractivity contribution in [3.8, 4) is 28.1 Å². The molecule has 0 aliphatic rings. The Kier molecular flexibility index (Phi) is 9.01. The quantitative estimate of drug-likeness (QED) is 0.168. The van der Waals surface area contributed by atoms with E-state index in [0.29, 0.717) is 21.6 Å². The zero-order chi connectivity index (χ0) is 30.6. The maximum Gasteiger partial charge on any atom is 0.325 e. The van der Waals surface area contributed by atoms with Crippen LogP contribution in [-0.2, 0) is 19.4 Å². The summed E-state index contributed by atoms with van der Waals surface area (Å²) in [7, 11) is -1.95. The first-order chi connectivity index (χ1) is 20.6. The SMILES string of the molecule is COC(=O)CNc1ccc(-n2cc(-c3ccc(Cl)cc3Cl)nc2C=Cc2ccc(-c3cccc(S(C)(=O)=O)c3)cc2)cc1. The molecule has 0 spiro atoms. The van der Waals surface area contributed by atoms with Crippen LogP contribution in [0.5, 0.6) is 0 Å². The number of esters is 1. The molecule has 10 heteroatoms. The van der Waals surface area contributed by atoms with Crippen LogP contribution >= 0.6 is 23.2 Å². The molecule has 43 heavy (non-hydrogen) atoms. The van der Waals surface area contributed by atoms with E-state index in [1.807, 2.05) is 83.6 Å². The summed E-state index contributed by atoms with van der Waals surface area (Å²) in [5, 5.41) is 4.06. The van der Waals surface area contributed by atoms with Gasteiger partial charge in [0.15, 0.2) is 9.84 Å². The predicted molar refractivity (Wildman–Crippen MR) is 173 cm³/mol. The lowest BCUT2D eigenvalue weighted by Crippen LogP contribution is -2.14. The van der Waals surface area contributed by atoms with E-state index in [-0.39, 0.29) is 17.4 Å². The Bertz CT molecular complexity index is 1920. The molecule has 0 fully saturated rings. The van der Waals surface area contributed by atoms with Gasteiger partial charge in [0.25, 0.3) is 0 Å². The first kappa shape index (κ1) is 30.1. The zero-order valence-electron chi connectivity index (χ0n) is 23.3. The maximum atomic E-state index is 12.0. The predicted octanol–water partition coefficient (Wildman–Crippen LogP) is 7.67. The summed E-state index contributed by atoms with van der Waals surface area (Å²) in [6, 6.07) is 27.6. The molecule has 0 unspecified atom stereocenters. The first-order valence-corrected chi connectivity index (χ1v) is 15.8. The van der Waals surface area contributed by atoms with Gasteiger partial charge in [-0.25, -0.2) is 13.4 Å². The number of nitrogens with one attached hydrogen (secondary N) is 1. The summed E-state index contributed by atoms with van der Waals surface area (Å²) in [5.74, 6) is 0.312. The van der Waals surface area contributed by atoms with E-state index in [9.17, 15) is 13.2 Å². The number of anilines is 1. The normalized spacial score (nSPS) is 11.5.